The molecule has 8 heteroatoms. The van der Waals surface area contributed by atoms with Crippen molar-refractivity contribution in [3.8, 4) is 0 Å². The first-order chi connectivity index (χ1) is 15.6. The van der Waals surface area contributed by atoms with E-state index in [9.17, 15) is 18.8 Å². The number of furan rings is 1. The number of carbonyl (C=O) groups is 1. The van der Waals surface area contributed by atoms with Crippen molar-refractivity contribution in [2.45, 2.75) is 59.5 Å². The van der Waals surface area contributed by atoms with Gasteiger partial charge in [0.2, 0.25) is 0 Å². The van der Waals surface area contributed by atoms with Crippen molar-refractivity contribution < 1.29 is 13.6 Å². The van der Waals surface area contributed by atoms with Gasteiger partial charge in [0, 0.05) is 0 Å². The summed E-state index contributed by atoms with van der Waals surface area (Å²) >= 11 is 0. The highest BCUT2D eigenvalue weighted by Crippen LogP contribution is 2.41. The molecule has 2 aromatic carbocycles. The maximum atomic E-state index is 14.8. The summed E-state index contributed by atoms with van der Waals surface area (Å²) in [5, 5.41) is 8.76. The van der Waals surface area contributed by atoms with Crippen LogP contribution in [-0.4, -0.2) is 5.91 Å². The minimum Gasteiger partial charge on any atom is -0.464 e. The van der Waals surface area contributed by atoms with Gasteiger partial charge >= 0.3 is 0 Å². The standard InChI is InChI=1S/C25H28FN3O4/c1-6-15-13-9-10-14(26)18(17(13)24(32)27-15)28-19-20(22(31)21(19)30)29-23(25(4,5)7-2)16-11-8-12(3)33-16/h8-11,15,23,28-29H,6-7H2,1-5H3,(H,27,32)/t15?,23-/m0/s1. The van der Waals surface area contributed by atoms with Crippen LogP contribution >= 0.6 is 0 Å². The number of carbonyl (C=O) groups excluding carboxylic acids is 1. The molecule has 1 amide bonds. The van der Waals surface area contributed by atoms with Crippen LogP contribution in [0.25, 0.3) is 0 Å². The fourth-order valence-electron chi connectivity index (χ4n) is 4.26. The lowest BCUT2D eigenvalue weighted by atomic mass is 9.80. The molecule has 1 aliphatic heterocycles. The van der Waals surface area contributed by atoms with E-state index in [0.717, 1.165) is 12.2 Å². The second-order valence-corrected chi connectivity index (χ2v) is 9.22. The van der Waals surface area contributed by atoms with Gasteiger partial charge in [-0.05, 0) is 48.9 Å². The SMILES string of the molecule is CCC1NC(=O)c2c1ccc(F)c2Nc1c(N[C@@H](c2ccc(C)o2)C(C)(C)CC)c(=O)c1=O. The normalized spacial score (nSPS) is 16.5. The number of amides is 1. The van der Waals surface area contributed by atoms with E-state index in [1.807, 2.05) is 46.8 Å². The van der Waals surface area contributed by atoms with Gasteiger partial charge in [-0.25, -0.2) is 4.39 Å². The predicted octanol–water partition coefficient (Wildman–Crippen LogP) is 4.85. The quantitative estimate of drug-likeness (QED) is 0.422. The topological polar surface area (TPSA) is 100 Å². The highest BCUT2D eigenvalue weighted by Gasteiger charge is 2.36. The molecule has 2 heterocycles. The van der Waals surface area contributed by atoms with Crippen molar-refractivity contribution in [3.63, 3.8) is 0 Å². The van der Waals surface area contributed by atoms with E-state index in [1.54, 1.807) is 6.07 Å². The first kappa shape index (κ1) is 22.8. The lowest BCUT2D eigenvalue weighted by Crippen LogP contribution is -2.40. The van der Waals surface area contributed by atoms with E-state index in [0.29, 0.717) is 17.7 Å². The maximum Gasteiger partial charge on any atom is 0.254 e. The van der Waals surface area contributed by atoms with E-state index in [-0.39, 0.29) is 34.1 Å². The Bertz CT molecular complexity index is 1300. The molecule has 0 fully saturated rings. The van der Waals surface area contributed by atoms with Gasteiger partial charge < -0.3 is 20.4 Å². The molecule has 0 saturated carbocycles. The van der Waals surface area contributed by atoms with Gasteiger partial charge in [-0.15, -0.1) is 0 Å². The fraction of sp³-hybridized carbons (Fsp3) is 0.400. The monoisotopic (exact) mass is 453 g/mol. The number of hydrogen-bond acceptors (Lipinski definition) is 6. The lowest BCUT2D eigenvalue weighted by Gasteiger charge is -2.34. The molecule has 1 unspecified atom stereocenters. The lowest BCUT2D eigenvalue weighted by molar-refractivity contribution is 0.0956. The van der Waals surface area contributed by atoms with Crippen molar-refractivity contribution >= 4 is 23.0 Å². The molecule has 3 N–H and O–H groups in total. The summed E-state index contributed by atoms with van der Waals surface area (Å²) in [5.74, 6) is 0.274. The Morgan fingerprint density at radius 2 is 1.76 bits per heavy atom. The van der Waals surface area contributed by atoms with Gasteiger partial charge in [0.05, 0.1) is 23.3 Å². The summed E-state index contributed by atoms with van der Waals surface area (Å²) in [6, 6.07) is 5.87. The number of fused-ring (bicyclic) bond motifs is 1. The van der Waals surface area contributed by atoms with Gasteiger partial charge in [0.15, 0.2) is 0 Å². The first-order valence-corrected chi connectivity index (χ1v) is 11.2. The third-order valence-electron chi connectivity index (χ3n) is 6.69. The van der Waals surface area contributed by atoms with E-state index in [2.05, 4.69) is 16.0 Å². The summed E-state index contributed by atoms with van der Waals surface area (Å²) in [6.07, 6.45) is 1.41. The molecule has 0 radical (unpaired) electrons. The van der Waals surface area contributed by atoms with Crippen LogP contribution in [0.15, 0.2) is 38.3 Å². The van der Waals surface area contributed by atoms with E-state index >= 15 is 0 Å². The Morgan fingerprint density at radius 1 is 1.06 bits per heavy atom. The van der Waals surface area contributed by atoms with Gasteiger partial charge in [0.25, 0.3) is 16.8 Å². The zero-order valence-corrected chi connectivity index (χ0v) is 19.4. The van der Waals surface area contributed by atoms with Crippen LogP contribution in [0.3, 0.4) is 0 Å². The summed E-state index contributed by atoms with van der Waals surface area (Å²) in [7, 11) is 0. The minimum atomic E-state index is -0.761. The summed E-state index contributed by atoms with van der Waals surface area (Å²) in [5.41, 5.74) is -1.05. The third-order valence-corrected chi connectivity index (χ3v) is 6.69. The number of nitrogens with one attached hydrogen (secondary N) is 3. The molecule has 2 atom stereocenters. The van der Waals surface area contributed by atoms with Gasteiger partial charge in [0.1, 0.15) is 28.7 Å². The molecule has 0 spiro atoms. The number of hydrogen-bond donors (Lipinski definition) is 3. The Balaban J connectivity index is 1.74. The van der Waals surface area contributed by atoms with E-state index in [4.69, 9.17) is 4.42 Å². The van der Waals surface area contributed by atoms with Crippen molar-refractivity contribution in [3.05, 3.63) is 73.2 Å². The average molecular weight is 454 g/mol. The number of anilines is 3. The summed E-state index contributed by atoms with van der Waals surface area (Å²) in [4.78, 5) is 37.5. The zero-order chi connectivity index (χ0) is 24.1. The molecule has 0 bridgehead atoms. The smallest absolute Gasteiger partial charge is 0.254 e. The van der Waals surface area contributed by atoms with Crippen LogP contribution in [-0.2, 0) is 0 Å². The van der Waals surface area contributed by atoms with Crippen LogP contribution in [0, 0.1) is 18.2 Å². The molecule has 4 rings (SSSR count). The molecular weight excluding hydrogens is 425 g/mol. The van der Waals surface area contributed by atoms with Crippen LogP contribution < -0.4 is 26.8 Å². The third kappa shape index (κ3) is 3.73. The van der Waals surface area contributed by atoms with Crippen molar-refractivity contribution in [2.24, 2.45) is 5.41 Å². The molecule has 3 aromatic rings. The minimum absolute atomic E-state index is 0.0553. The molecule has 33 heavy (non-hydrogen) atoms. The molecule has 0 aliphatic carbocycles. The van der Waals surface area contributed by atoms with Crippen LogP contribution in [0.5, 0.6) is 0 Å². The molecule has 1 aliphatic rings. The Morgan fingerprint density at radius 3 is 2.36 bits per heavy atom. The Hall–Kier alpha value is -3.42. The van der Waals surface area contributed by atoms with Crippen molar-refractivity contribution in [2.75, 3.05) is 10.6 Å². The second kappa shape index (κ2) is 8.17. The fourth-order valence-corrected chi connectivity index (χ4v) is 4.26. The van der Waals surface area contributed by atoms with Crippen LogP contribution in [0.1, 0.15) is 80.1 Å². The Kier molecular flexibility index (Phi) is 5.64. The number of halogens is 1. The molecule has 0 saturated heterocycles. The van der Waals surface area contributed by atoms with E-state index < -0.39 is 28.6 Å². The van der Waals surface area contributed by atoms with Crippen molar-refractivity contribution in [1.82, 2.24) is 5.32 Å². The Labute approximate surface area is 191 Å². The summed E-state index contributed by atoms with van der Waals surface area (Å²) < 4.78 is 20.6. The van der Waals surface area contributed by atoms with Crippen LogP contribution in [0.4, 0.5) is 21.5 Å². The predicted molar refractivity (Wildman–Crippen MR) is 125 cm³/mol. The number of aryl methyl sites for hydroxylation is 1. The molecular formula is C25H28FN3O4. The number of benzene rings is 1. The second-order valence-electron chi connectivity index (χ2n) is 9.22. The highest BCUT2D eigenvalue weighted by molar-refractivity contribution is 6.05. The van der Waals surface area contributed by atoms with Gasteiger partial charge in [-0.3, -0.25) is 14.4 Å². The highest BCUT2D eigenvalue weighted by atomic mass is 19.1. The van der Waals surface area contributed by atoms with Gasteiger partial charge in [-0.1, -0.05) is 33.8 Å². The average Bonchev–Trinajstić information content (AvgIpc) is 3.36. The maximum absolute atomic E-state index is 14.8. The zero-order valence-electron chi connectivity index (χ0n) is 19.4. The van der Waals surface area contributed by atoms with E-state index in [1.165, 1.54) is 6.07 Å². The largest absolute Gasteiger partial charge is 0.464 e. The number of rotatable bonds is 8. The molecule has 1 aromatic heterocycles. The molecule has 174 valence electrons. The van der Waals surface area contributed by atoms with Crippen LogP contribution in [0.2, 0.25) is 0 Å². The summed E-state index contributed by atoms with van der Waals surface area (Å²) in [6.45, 7) is 9.83. The van der Waals surface area contributed by atoms with Crippen molar-refractivity contribution in [1.29, 1.82) is 0 Å². The first-order valence-electron chi connectivity index (χ1n) is 11.2. The van der Waals surface area contributed by atoms with Gasteiger partial charge in [-0.2, -0.15) is 0 Å². The molecule has 7 nitrogen and oxygen atoms in total.